The molecule has 134 valence electrons. The normalized spacial score (nSPS) is 11.2. The van der Waals surface area contributed by atoms with Gasteiger partial charge in [-0.25, -0.2) is 14.6 Å². The van der Waals surface area contributed by atoms with Crippen molar-refractivity contribution in [2.24, 2.45) is 0 Å². The lowest BCUT2D eigenvalue weighted by Gasteiger charge is -2.36. The molecule has 0 aliphatic heterocycles. The van der Waals surface area contributed by atoms with Crippen LogP contribution in [-0.2, 0) is 16.1 Å². The molecule has 25 heavy (non-hydrogen) atoms. The molecule has 0 unspecified atom stereocenters. The summed E-state index contributed by atoms with van der Waals surface area (Å²) in [6, 6.07) is 6.84. The number of ether oxygens (including phenoxy) is 1. The van der Waals surface area contributed by atoms with E-state index in [-0.39, 0.29) is 12.6 Å². The number of hydrogen-bond donors (Lipinski definition) is 0. The molecule has 0 bridgehead atoms. The lowest BCUT2D eigenvalue weighted by Crippen LogP contribution is -2.54. The molecule has 6 nitrogen and oxygen atoms in total. The van der Waals surface area contributed by atoms with Crippen LogP contribution in [0.25, 0.3) is 0 Å². The quantitative estimate of drug-likeness (QED) is 0.733. The summed E-state index contributed by atoms with van der Waals surface area (Å²) in [6.45, 7) is 5.72. The number of nitrogens with zero attached hydrogens (tertiary/aromatic N) is 3. The molecule has 2 rings (SSSR count). The maximum atomic E-state index is 12.9. The average Bonchev–Trinajstić information content (AvgIpc) is 3.12. The minimum absolute atomic E-state index is 0.172. The van der Waals surface area contributed by atoms with E-state index in [0.29, 0.717) is 18.1 Å². The van der Waals surface area contributed by atoms with Gasteiger partial charge in [0.15, 0.2) is 0 Å². The van der Waals surface area contributed by atoms with Crippen molar-refractivity contribution in [3.05, 3.63) is 53.6 Å². The highest BCUT2D eigenvalue weighted by molar-refractivity contribution is 6.31. The first-order valence-corrected chi connectivity index (χ1v) is 8.46. The highest BCUT2D eigenvalue weighted by Gasteiger charge is 2.40. The van der Waals surface area contributed by atoms with E-state index in [2.05, 4.69) is 4.98 Å². The third kappa shape index (κ3) is 4.39. The van der Waals surface area contributed by atoms with Gasteiger partial charge in [-0.05, 0) is 31.9 Å². The molecular formula is C18H22ClN3O3. The van der Waals surface area contributed by atoms with E-state index < -0.39 is 11.5 Å². The minimum Gasteiger partial charge on any atom is -0.464 e. The summed E-state index contributed by atoms with van der Waals surface area (Å²) in [5.41, 5.74) is -0.426. The number of rotatable bonds is 6. The van der Waals surface area contributed by atoms with E-state index in [1.54, 1.807) is 19.9 Å². The highest BCUT2D eigenvalue weighted by atomic mass is 35.5. The van der Waals surface area contributed by atoms with Crippen molar-refractivity contribution in [1.82, 2.24) is 14.5 Å². The summed E-state index contributed by atoms with van der Waals surface area (Å²) in [5.74, 6) is -0.463. The molecule has 0 aliphatic carbocycles. The largest absolute Gasteiger partial charge is 0.464 e. The zero-order valence-electron chi connectivity index (χ0n) is 14.6. The molecule has 7 heteroatoms. The minimum atomic E-state index is -1.17. The maximum absolute atomic E-state index is 12.9. The molecule has 0 spiro atoms. The number of carbonyl (C=O) groups is 2. The number of amides is 1. The van der Waals surface area contributed by atoms with Gasteiger partial charge in [0, 0.05) is 17.4 Å². The molecule has 1 heterocycles. The number of halogens is 1. The van der Waals surface area contributed by atoms with E-state index >= 15 is 0 Å². The molecule has 2 aromatic rings. The molecular weight excluding hydrogens is 342 g/mol. The van der Waals surface area contributed by atoms with Crippen LogP contribution in [0.1, 0.15) is 32.8 Å². The van der Waals surface area contributed by atoms with Crippen molar-refractivity contribution in [3.8, 4) is 0 Å². The average molecular weight is 364 g/mol. The van der Waals surface area contributed by atoms with E-state index in [1.165, 1.54) is 28.2 Å². The fourth-order valence-electron chi connectivity index (χ4n) is 2.29. The molecule has 0 radical (unpaired) electrons. The second-order valence-corrected chi connectivity index (χ2v) is 6.53. The Hall–Kier alpha value is -2.34. The molecule has 0 aliphatic rings. The Morgan fingerprint density at radius 1 is 1.32 bits per heavy atom. The summed E-state index contributed by atoms with van der Waals surface area (Å²) < 4.78 is 6.61. The first-order chi connectivity index (χ1) is 11.9. The highest BCUT2D eigenvalue weighted by Crippen LogP contribution is 2.25. The monoisotopic (exact) mass is 363 g/mol. The second-order valence-electron chi connectivity index (χ2n) is 6.13. The summed E-state index contributed by atoms with van der Waals surface area (Å²) in [5, 5.41) is 0.531. The third-order valence-corrected chi connectivity index (χ3v) is 4.22. The van der Waals surface area contributed by atoms with Crippen LogP contribution < -0.4 is 0 Å². The number of imidazole rings is 1. The first-order valence-electron chi connectivity index (χ1n) is 8.08. The van der Waals surface area contributed by atoms with Crippen molar-refractivity contribution in [3.63, 3.8) is 0 Å². The number of hydrogen-bond acceptors (Lipinski definition) is 4. The molecule has 1 aromatic heterocycles. The predicted molar refractivity (Wildman–Crippen MR) is 95.3 cm³/mol. The Balaban J connectivity index is 2.36. The van der Waals surface area contributed by atoms with Crippen LogP contribution in [0.15, 0.2) is 43.0 Å². The Morgan fingerprint density at radius 3 is 2.64 bits per heavy atom. The number of aromatic nitrogens is 2. The summed E-state index contributed by atoms with van der Waals surface area (Å²) in [7, 11) is 0. The fraction of sp³-hybridized carbons (Fsp3) is 0.389. The van der Waals surface area contributed by atoms with Crippen LogP contribution in [-0.4, -0.2) is 38.6 Å². The summed E-state index contributed by atoms with van der Waals surface area (Å²) >= 11 is 6.24. The van der Waals surface area contributed by atoms with Crippen molar-refractivity contribution in [1.29, 1.82) is 0 Å². The van der Waals surface area contributed by atoms with Gasteiger partial charge in [-0.15, -0.1) is 0 Å². The van der Waals surface area contributed by atoms with Gasteiger partial charge < -0.3 is 9.64 Å². The summed E-state index contributed by atoms with van der Waals surface area (Å²) in [6.07, 6.45) is 5.15. The van der Waals surface area contributed by atoms with Crippen molar-refractivity contribution < 1.29 is 14.3 Å². The van der Waals surface area contributed by atoms with E-state index in [4.69, 9.17) is 16.3 Å². The SMILES string of the molecule is CCCOC(=O)C(C)(C)N(Cc1ccccc1Cl)C(=O)n1ccnc1. The van der Waals surface area contributed by atoms with Gasteiger partial charge in [-0.3, -0.25) is 4.57 Å². The van der Waals surface area contributed by atoms with E-state index in [9.17, 15) is 9.59 Å². The van der Waals surface area contributed by atoms with Gasteiger partial charge in [-0.1, -0.05) is 36.7 Å². The molecule has 0 N–H and O–H groups in total. The first kappa shape index (κ1) is 19.0. The summed E-state index contributed by atoms with van der Waals surface area (Å²) in [4.78, 5) is 30.8. The smallest absolute Gasteiger partial charge is 0.331 e. The third-order valence-electron chi connectivity index (χ3n) is 3.85. The molecule has 0 atom stereocenters. The Kier molecular flexibility index (Phi) is 6.20. The van der Waals surface area contributed by atoms with Crippen LogP contribution in [0.5, 0.6) is 0 Å². The van der Waals surface area contributed by atoms with Crippen LogP contribution in [0, 0.1) is 0 Å². The number of esters is 1. The predicted octanol–water partition coefficient (Wildman–Crippen LogP) is 3.74. The molecule has 1 amide bonds. The van der Waals surface area contributed by atoms with Crippen molar-refractivity contribution in [2.45, 2.75) is 39.3 Å². The Labute approximate surface area is 152 Å². The van der Waals surface area contributed by atoms with Crippen LogP contribution in [0.2, 0.25) is 5.02 Å². The standard InChI is InChI=1S/C18H22ClN3O3/c1-4-11-25-16(23)18(2,3)22(17(24)21-10-9-20-13-21)12-14-7-5-6-8-15(14)19/h5-10,13H,4,11-12H2,1-3H3. The number of carbonyl (C=O) groups excluding carboxylic acids is 2. The van der Waals surface area contributed by atoms with E-state index in [0.717, 1.165) is 5.56 Å². The molecule has 0 fully saturated rings. The zero-order valence-corrected chi connectivity index (χ0v) is 15.4. The molecule has 0 saturated carbocycles. The van der Waals surface area contributed by atoms with Crippen LogP contribution >= 0.6 is 11.6 Å². The lowest BCUT2D eigenvalue weighted by molar-refractivity contribution is -0.154. The maximum Gasteiger partial charge on any atom is 0.331 e. The van der Waals surface area contributed by atoms with Crippen LogP contribution in [0.4, 0.5) is 4.79 Å². The van der Waals surface area contributed by atoms with Gasteiger partial charge >= 0.3 is 12.0 Å². The zero-order chi connectivity index (χ0) is 18.4. The van der Waals surface area contributed by atoms with Gasteiger partial charge in [0.1, 0.15) is 11.9 Å². The van der Waals surface area contributed by atoms with Gasteiger partial charge in [0.2, 0.25) is 0 Å². The van der Waals surface area contributed by atoms with Crippen molar-refractivity contribution in [2.75, 3.05) is 6.61 Å². The van der Waals surface area contributed by atoms with E-state index in [1.807, 2.05) is 25.1 Å². The molecule has 1 aromatic carbocycles. The van der Waals surface area contributed by atoms with Gasteiger partial charge in [0.05, 0.1) is 13.2 Å². The van der Waals surface area contributed by atoms with Gasteiger partial charge in [-0.2, -0.15) is 0 Å². The van der Waals surface area contributed by atoms with Gasteiger partial charge in [0.25, 0.3) is 0 Å². The number of benzene rings is 1. The molecule has 0 saturated heterocycles. The second kappa shape index (κ2) is 8.16. The van der Waals surface area contributed by atoms with Crippen LogP contribution in [0.3, 0.4) is 0 Å². The Bertz CT molecular complexity index is 729. The Morgan fingerprint density at radius 2 is 2.04 bits per heavy atom. The topological polar surface area (TPSA) is 64.4 Å². The lowest BCUT2D eigenvalue weighted by atomic mass is 10.0. The van der Waals surface area contributed by atoms with Crippen molar-refractivity contribution >= 4 is 23.6 Å². The fourth-order valence-corrected chi connectivity index (χ4v) is 2.49.